The Labute approximate surface area is 358 Å². The molecular weight excluding hydrogens is 765 g/mol. The van der Waals surface area contributed by atoms with Crippen molar-refractivity contribution in [1.29, 1.82) is 0 Å². The van der Waals surface area contributed by atoms with Crippen molar-refractivity contribution in [3.63, 3.8) is 0 Å². The lowest BCUT2D eigenvalue weighted by atomic mass is 9.98. The van der Waals surface area contributed by atoms with Crippen molar-refractivity contribution in [3.05, 3.63) is 59.7 Å². The molecule has 1 aliphatic heterocycles. The average Bonchev–Trinajstić information content (AvgIpc) is 3.22. The van der Waals surface area contributed by atoms with Gasteiger partial charge in [0.1, 0.15) is 0 Å². The molecule has 328 valence electrons. The molecule has 14 N–H and O–H groups in total. The lowest BCUT2D eigenvalue weighted by molar-refractivity contribution is -0.120. The maximum atomic E-state index is 12.7. The van der Waals surface area contributed by atoms with Gasteiger partial charge in [0.05, 0.1) is 12.1 Å². The van der Waals surface area contributed by atoms with Gasteiger partial charge in [0.15, 0.2) is 0 Å². The van der Waals surface area contributed by atoms with E-state index in [0.717, 1.165) is 87.3 Å². The Hall–Kier alpha value is -2.24. The van der Waals surface area contributed by atoms with E-state index in [1.807, 2.05) is 0 Å². The molecule has 2 aromatic carbocycles. The lowest BCUT2D eigenvalue weighted by Gasteiger charge is -2.29. The van der Waals surface area contributed by atoms with Gasteiger partial charge in [-0.1, -0.05) is 77.6 Å². The van der Waals surface area contributed by atoms with Gasteiger partial charge >= 0.3 is 0 Å². The second kappa shape index (κ2) is 29.1. The zero-order chi connectivity index (χ0) is 42.1. The van der Waals surface area contributed by atoms with Crippen molar-refractivity contribution in [2.24, 2.45) is 34.8 Å². The molecule has 3 rings (SSSR count). The molecule has 0 radical (unpaired) electrons. The molecule has 12 nitrogen and oxygen atoms in total. The van der Waals surface area contributed by atoms with E-state index < -0.39 is 12.1 Å². The van der Waals surface area contributed by atoms with E-state index in [0.29, 0.717) is 49.5 Å². The van der Waals surface area contributed by atoms with E-state index in [2.05, 4.69) is 108 Å². The summed E-state index contributed by atoms with van der Waals surface area (Å²) in [5.74, 6) is 1.31. The highest BCUT2D eigenvalue weighted by atomic mass is 32.2. The quantitative estimate of drug-likeness (QED) is 0.124. The summed E-state index contributed by atoms with van der Waals surface area (Å²) in [5, 5.41) is 22.4. The Kier molecular flexibility index (Phi) is 25.1. The fourth-order valence-corrected chi connectivity index (χ4v) is 9.23. The fourth-order valence-electron chi connectivity index (χ4n) is 7.13. The number of thioether (sulfide) groups is 2. The second-order valence-corrected chi connectivity index (χ2v) is 18.4. The van der Waals surface area contributed by atoms with Gasteiger partial charge in [-0.05, 0) is 86.0 Å². The molecule has 1 aliphatic rings. The smallest absolute Gasteiger partial charge is 0.235 e. The van der Waals surface area contributed by atoms with Crippen molar-refractivity contribution in [1.82, 2.24) is 31.9 Å². The molecule has 0 fully saturated rings. The van der Waals surface area contributed by atoms with Gasteiger partial charge in [0.25, 0.3) is 0 Å². The van der Waals surface area contributed by atoms with Crippen LogP contribution in [0.15, 0.2) is 58.3 Å². The van der Waals surface area contributed by atoms with Crippen LogP contribution in [0.5, 0.6) is 0 Å². The van der Waals surface area contributed by atoms with Gasteiger partial charge in [-0.15, -0.1) is 23.5 Å². The standard InChI is InChI=1S/C44H78N10O2S2/c1-5-31(3)39-27-49-35(15-7-9-19-45)25-53-41(43(47)55)29-58-38-18-12-14-34(22-38)24-52-40(32(4)6-2)28-50-36(16-8-10-20-46)26-54-42(44(48)56)30-57-37-17-11-13-33(21-37)23-51-39/h11-14,17-18,21-22,31-32,35-36,39-42,49-54H,5-10,15-16,19-20,23-30,45-46H2,1-4H3,(H2,47,55)(H2,48,56)/t31?,32?,35-,36-,39+,40+,41-,42-/m0/s1. The van der Waals surface area contributed by atoms with Crippen LogP contribution in [-0.2, 0) is 22.7 Å². The Balaban J connectivity index is 1.87. The Morgan fingerprint density at radius 1 is 0.621 bits per heavy atom. The number of carbonyl (C=O) groups is 2. The molecule has 2 aromatic rings. The number of benzene rings is 2. The predicted molar refractivity (Wildman–Crippen MR) is 246 cm³/mol. The molecular formula is C44H78N10O2S2. The summed E-state index contributed by atoms with van der Waals surface area (Å²) in [6.45, 7) is 14.7. The third-order valence-corrected chi connectivity index (χ3v) is 13.8. The summed E-state index contributed by atoms with van der Waals surface area (Å²) in [6.07, 6.45) is 7.93. The summed E-state index contributed by atoms with van der Waals surface area (Å²) in [4.78, 5) is 27.6. The number of fused-ring (bicyclic) bond motifs is 4. The Bertz CT molecular complexity index is 1330. The van der Waals surface area contributed by atoms with Gasteiger partial charge in [-0.3, -0.25) is 9.59 Å². The fraction of sp³-hybridized carbons (Fsp3) is 0.682. The number of rotatable bonds is 14. The van der Waals surface area contributed by atoms with Crippen LogP contribution in [0.4, 0.5) is 0 Å². The number of hydrogen-bond acceptors (Lipinski definition) is 12. The van der Waals surface area contributed by atoms with Crippen LogP contribution < -0.4 is 54.8 Å². The van der Waals surface area contributed by atoms with Crippen molar-refractivity contribution < 1.29 is 9.59 Å². The first kappa shape index (κ1) is 50.1. The van der Waals surface area contributed by atoms with Crippen molar-refractivity contribution in [3.8, 4) is 0 Å². The molecule has 0 spiro atoms. The summed E-state index contributed by atoms with van der Waals surface area (Å²) in [6, 6.07) is 17.0. The van der Waals surface area contributed by atoms with E-state index in [4.69, 9.17) is 22.9 Å². The molecule has 1 heterocycles. The van der Waals surface area contributed by atoms with Crippen LogP contribution >= 0.6 is 23.5 Å². The molecule has 58 heavy (non-hydrogen) atoms. The van der Waals surface area contributed by atoms with Crippen molar-refractivity contribution >= 4 is 35.3 Å². The molecule has 0 aliphatic carbocycles. The van der Waals surface area contributed by atoms with E-state index >= 15 is 0 Å². The van der Waals surface area contributed by atoms with Crippen LogP contribution in [0.25, 0.3) is 0 Å². The largest absolute Gasteiger partial charge is 0.368 e. The number of unbranched alkanes of at least 4 members (excludes halogenated alkanes) is 2. The number of carbonyl (C=O) groups excluding carboxylic acids is 2. The number of primary amides is 2. The van der Waals surface area contributed by atoms with Crippen LogP contribution in [0, 0.1) is 11.8 Å². The molecule has 0 saturated carbocycles. The molecule has 2 amide bonds. The van der Waals surface area contributed by atoms with Gasteiger partial charge in [-0.25, -0.2) is 0 Å². The number of nitrogens with one attached hydrogen (secondary N) is 6. The molecule has 14 heteroatoms. The van der Waals surface area contributed by atoms with Crippen molar-refractivity contribution in [2.75, 3.05) is 50.8 Å². The van der Waals surface area contributed by atoms with E-state index in [9.17, 15) is 9.59 Å². The zero-order valence-corrected chi connectivity index (χ0v) is 37.5. The highest BCUT2D eigenvalue weighted by Crippen LogP contribution is 2.22. The SMILES string of the molecule is CCC(C)[C@H]1CN[C@@H](CCCCN)CN[C@H](C(N)=O)CSc2cccc(c2)CN[C@@H](C(C)CC)CN[C@@H](CCCCN)CN[C@H](C(N)=O)CSc2cccc(c2)CN1. The Morgan fingerprint density at radius 3 is 1.40 bits per heavy atom. The number of hydrogen-bond donors (Lipinski definition) is 10. The van der Waals surface area contributed by atoms with Gasteiger partial charge in [-0.2, -0.15) is 0 Å². The third kappa shape index (κ3) is 19.4. The summed E-state index contributed by atoms with van der Waals surface area (Å²) in [7, 11) is 0. The highest BCUT2D eigenvalue weighted by Gasteiger charge is 2.23. The molecule has 0 aromatic heterocycles. The van der Waals surface area contributed by atoms with Crippen LogP contribution in [0.3, 0.4) is 0 Å². The van der Waals surface area contributed by atoms with Crippen LogP contribution in [0.1, 0.15) is 90.2 Å². The summed E-state index contributed by atoms with van der Waals surface area (Å²) >= 11 is 3.31. The topological polar surface area (TPSA) is 210 Å². The normalized spacial score (nSPS) is 25.1. The van der Waals surface area contributed by atoms with Crippen LogP contribution in [0.2, 0.25) is 0 Å². The number of nitrogens with two attached hydrogens (primary N) is 4. The average molecular weight is 843 g/mol. The zero-order valence-electron chi connectivity index (χ0n) is 35.9. The monoisotopic (exact) mass is 843 g/mol. The van der Waals surface area contributed by atoms with Gasteiger partial charge in [0, 0.05) is 84.7 Å². The molecule has 2 unspecified atom stereocenters. The van der Waals surface area contributed by atoms with Gasteiger partial charge in [0.2, 0.25) is 11.8 Å². The summed E-state index contributed by atoms with van der Waals surface area (Å²) in [5.41, 5.74) is 26.1. The Morgan fingerprint density at radius 2 is 1.03 bits per heavy atom. The highest BCUT2D eigenvalue weighted by molar-refractivity contribution is 7.99. The summed E-state index contributed by atoms with van der Waals surface area (Å²) < 4.78 is 0. The molecule has 4 bridgehead atoms. The van der Waals surface area contributed by atoms with E-state index in [1.165, 1.54) is 11.1 Å². The number of amides is 2. The maximum absolute atomic E-state index is 12.7. The first-order chi connectivity index (χ1) is 28.1. The van der Waals surface area contributed by atoms with E-state index in [-0.39, 0.29) is 36.0 Å². The van der Waals surface area contributed by atoms with Gasteiger partial charge < -0.3 is 54.8 Å². The van der Waals surface area contributed by atoms with Crippen molar-refractivity contribution in [2.45, 2.75) is 138 Å². The minimum atomic E-state index is -0.461. The lowest BCUT2D eigenvalue weighted by Crippen LogP contribution is -2.52. The predicted octanol–water partition coefficient (Wildman–Crippen LogP) is 3.65. The van der Waals surface area contributed by atoms with Crippen LogP contribution in [-0.4, -0.2) is 98.8 Å². The minimum absolute atomic E-state index is 0.161. The first-order valence-electron chi connectivity index (χ1n) is 21.9. The second-order valence-electron chi connectivity index (χ2n) is 16.2. The third-order valence-electron chi connectivity index (χ3n) is 11.6. The molecule has 8 atom stereocenters. The van der Waals surface area contributed by atoms with E-state index in [1.54, 1.807) is 23.5 Å². The molecule has 0 saturated heterocycles. The maximum Gasteiger partial charge on any atom is 0.235 e. The minimum Gasteiger partial charge on any atom is -0.368 e. The first-order valence-corrected chi connectivity index (χ1v) is 23.9.